The van der Waals surface area contributed by atoms with E-state index in [1.54, 1.807) is 0 Å². The summed E-state index contributed by atoms with van der Waals surface area (Å²) in [6, 6.07) is 9.94. The summed E-state index contributed by atoms with van der Waals surface area (Å²) in [5.74, 6) is -0.0842. The summed E-state index contributed by atoms with van der Waals surface area (Å²) in [6.45, 7) is 2.91. The molecule has 138 valence electrons. The summed E-state index contributed by atoms with van der Waals surface area (Å²) in [7, 11) is 4.00. The third-order valence-electron chi connectivity index (χ3n) is 4.85. The number of benzene rings is 1. The molecule has 1 aromatic rings. The molecule has 25 heavy (non-hydrogen) atoms. The first-order valence-corrected chi connectivity index (χ1v) is 9.04. The number of hydrogen-bond donors (Lipinski definition) is 3. The lowest BCUT2D eigenvalue weighted by atomic mass is 9.96. The first kappa shape index (κ1) is 19.2. The third-order valence-corrected chi connectivity index (χ3v) is 4.85. The van der Waals surface area contributed by atoms with Crippen LogP contribution in [0.2, 0.25) is 0 Å². The van der Waals surface area contributed by atoms with E-state index in [0.29, 0.717) is 25.9 Å². The highest BCUT2D eigenvalue weighted by atomic mass is 16.2. The van der Waals surface area contributed by atoms with Crippen LogP contribution in [0.15, 0.2) is 30.3 Å². The van der Waals surface area contributed by atoms with E-state index >= 15 is 0 Å². The predicted octanol–water partition coefficient (Wildman–Crippen LogP) is 2.04. The Morgan fingerprint density at radius 2 is 1.76 bits per heavy atom. The molecule has 6 heteroatoms. The van der Waals surface area contributed by atoms with E-state index in [1.807, 2.05) is 39.2 Å². The topological polar surface area (TPSA) is 73.5 Å². The Labute approximate surface area is 150 Å². The number of hydrogen-bond acceptors (Lipinski definition) is 3. The summed E-state index contributed by atoms with van der Waals surface area (Å²) >= 11 is 0. The number of carbonyl (C=O) groups is 2. The maximum absolute atomic E-state index is 12.9. The van der Waals surface area contributed by atoms with Gasteiger partial charge in [-0.25, -0.2) is 4.79 Å². The highest BCUT2D eigenvalue weighted by molar-refractivity contribution is 5.91. The van der Waals surface area contributed by atoms with Crippen LogP contribution in [-0.2, 0) is 4.79 Å². The molecule has 0 aromatic heterocycles. The minimum Gasteiger partial charge on any atom is -0.352 e. The molecular formula is C19H30N4O2. The monoisotopic (exact) mass is 346 g/mol. The average Bonchev–Trinajstić information content (AvgIpc) is 3.05. The van der Waals surface area contributed by atoms with E-state index in [0.717, 1.165) is 18.4 Å². The number of nitrogens with zero attached hydrogens (tertiary/aromatic N) is 1. The molecule has 2 rings (SSSR count). The summed E-state index contributed by atoms with van der Waals surface area (Å²) in [4.78, 5) is 27.0. The quantitative estimate of drug-likeness (QED) is 0.707. The number of amides is 3. The van der Waals surface area contributed by atoms with Crippen LogP contribution in [0.5, 0.6) is 0 Å². The first-order valence-electron chi connectivity index (χ1n) is 9.04. The second-order valence-corrected chi connectivity index (χ2v) is 6.87. The molecule has 0 radical (unpaired) electrons. The Balaban J connectivity index is 2.03. The van der Waals surface area contributed by atoms with E-state index in [9.17, 15) is 9.59 Å². The van der Waals surface area contributed by atoms with Crippen molar-refractivity contribution in [1.29, 1.82) is 0 Å². The lowest BCUT2D eigenvalue weighted by Crippen LogP contribution is -2.59. The fourth-order valence-electron chi connectivity index (χ4n) is 3.44. The lowest BCUT2D eigenvalue weighted by molar-refractivity contribution is -0.127. The molecule has 1 aromatic carbocycles. The third kappa shape index (κ3) is 4.95. The van der Waals surface area contributed by atoms with Crippen molar-refractivity contribution in [2.75, 3.05) is 27.2 Å². The summed E-state index contributed by atoms with van der Waals surface area (Å²) in [5, 5.41) is 8.70. The Kier molecular flexibility index (Phi) is 6.82. The zero-order valence-corrected chi connectivity index (χ0v) is 15.5. The molecule has 1 atom stereocenters. The van der Waals surface area contributed by atoms with Gasteiger partial charge in [-0.3, -0.25) is 4.79 Å². The van der Waals surface area contributed by atoms with Gasteiger partial charge in [0.2, 0.25) is 5.91 Å². The molecule has 0 aliphatic heterocycles. The smallest absolute Gasteiger partial charge is 0.315 e. The van der Waals surface area contributed by atoms with E-state index in [2.05, 4.69) is 33.0 Å². The molecule has 6 nitrogen and oxygen atoms in total. The fraction of sp³-hybridized carbons (Fsp3) is 0.579. The van der Waals surface area contributed by atoms with Gasteiger partial charge in [0.1, 0.15) is 5.54 Å². The van der Waals surface area contributed by atoms with Gasteiger partial charge in [-0.05, 0) is 39.4 Å². The number of likely N-dealkylation sites (N-methyl/N-ethyl adjacent to an activating group) is 1. The Morgan fingerprint density at radius 1 is 1.12 bits per heavy atom. The molecule has 1 saturated carbocycles. The van der Waals surface area contributed by atoms with Crippen molar-refractivity contribution in [3.63, 3.8) is 0 Å². The molecular weight excluding hydrogens is 316 g/mol. The van der Waals surface area contributed by atoms with Gasteiger partial charge in [-0.1, -0.05) is 43.2 Å². The largest absolute Gasteiger partial charge is 0.352 e. The van der Waals surface area contributed by atoms with Crippen molar-refractivity contribution < 1.29 is 9.59 Å². The van der Waals surface area contributed by atoms with Gasteiger partial charge in [0.05, 0.1) is 6.04 Å². The van der Waals surface area contributed by atoms with E-state index in [4.69, 9.17) is 0 Å². The van der Waals surface area contributed by atoms with Gasteiger partial charge >= 0.3 is 6.03 Å². The molecule has 0 bridgehead atoms. The number of nitrogens with one attached hydrogen (secondary N) is 3. The van der Waals surface area contributed by atoms with Gasteiger partial charge in [0.25, 0.3) is 0 Å². The minimum absolute atomic E-state index is 0.0842. The van der Waals surface area contributed by atoms with E-state index in [-0.39, 0.29) is 18.0 Å². The second kappa shape index (κ2) is 8.85. The highest BCUT2D eigenvalue weighted by Gasteiger charge is 2.42. The number of rotatable bonds is 7. The van der Waals surface area contributed by atoms with Crippen LogP contribution in [0.3, 0.4) is 0 Å². The van der Waals surface area contributed by atoms with Crippen molar-refractivity contribution in [2.45, 2.75) is 44.2 Å². The Morgan fingerprint density at radius 3 is 2.32 bits per heavy atom. The van der Waals surface area contributed by atoms with Gasteiger partial charge in [-0.2, -0.15) is 0 Å². The van der Waals surface area contributed by atoms with Crippen LogP contribution in [0, 0.1) is 0 Å². The maximum atomic E-state index is 12.9. The first-order chi connectivity index (χ1) is 12.0. The molecule has 1 fully saturated rings. The van der Waals surface area contributed by atoms with Crippen LogP contribution in [0.1, 0.15) is 44.2 Å². The minimum atomic E-state index is -0.785. The van der Waals surface area contributed by atoms with Crippen LogP contribution in [-0.4, -0.2) is 49.6 Å². The van der Waals surface area contributed by atoms with Crippen LogP contribution in [0.4, 0.5) is 4.79 Å². The van der Waals surface area contributed by atoms with Gasteiger partial charge in [-0.15, -0.1) is 0 Å². The Bertz CT molecular complexity index is 568. The average molecular weight is 346 g/mol. The molecule has 1 aliphatic rings. The molecule has 0 unspecified atom stereocenters. The van der Waals surface area contributed by atoms with E-state index in [1.165, 1.54) is 0 Å². The zero-order valence-electron chi connectivity index (χ0n) is 15.5. The molecule has 0 saturated heterocycles. The molecule has 3 N–H and O–H groups in total. The van der Waals surface area contributed by atoms with Crippen molar-refractivity contribution >= 4 is 11.9 Å². The number of urea groups is 1. The highest BCUT2D eigenvalue weighted by Crippen LogP contribution is 2.30. The molecule has 0 spiro atoms. The standard InChI is InChI=1S/C19H30N4O2/c1-4-20-18(25)22-19(12-8-9-13-19)17(24)21-14-16(23(2)3)15-10-6-5-7-11-15/h5-7,10-11,16H,4,8-9,12-14H2,1-3H3,(H,21,24)(H2,20,22,25)/t16-/m0/s1. The molecule has 1 aliphatic carbocycles. The zero-order chi connectivity index (χ0) is 18.3. The summed E-state index contributed by atoms with van der Waals surface area (Å²) in [5.41, 5.74) is 0.372. The maximum Gasteiger partial charge on any atom is 0.315 e. The van der Waals surface area contributed by atoms with Crippen molar-refractivity contribution in [2.24, 2.45) is 0 Å². The second-order valence-electron chi connectivity index (χ2n) is 6.87. The predicted molar refractivity (Wildman–Crippen MR) is 99.3 cm³/mol. The van der Waals surface area contributed by atoms with Gasteiger partial charge < -0.3 is 20.9 Å². The Hall–Kier alpha value is -2.08. The fourth-order valence-corrected chi connectivity index (χ4v) is 3.44. The normalized spacial score (nSPS) is 17.1. The lowest BCUT2D eigenvalue weighted by Gasteiger charge is -2.31. The van der Waals surface area contributed by atoms with Crippen LogP contribution in [0.25, 0.3) is 0 Å². The SMILES string of the molecule is CCNC(=O)NC1(C(=O)NC[C@@H](c2ccccc2)N(C)C)CCCC1. The van der Waals surface area contributed by atoms with Crippen molar-refractivity contribution in [1.82, 2.24) is 20.9 Å². The van der Waals surface area contributed by atoms with Gasteiger partial charge in [0, 0.05) is 13.1 Å². The van der Waals surface area contributed by atoms with E-state index < -0.39 is 5.54 Å². The van der Waals surface area contributed by atoms with Gasteiger partial charge in [0.15, 0.2) is 0 Å². The summed E-state index contributed by atoms with van der Waals surface area (Å²) < 4.78 is 0. The van der Waals surface area contributed by atoms with Crippen molar-refractivity contribution in [3.8, 4) is 0 Å². The van der Waals surface area contributed by atoms with Crippen molar-refractivity contribution in [3.05, 3.63) is 35.9 Å². The van der Waals surface area contributed by atoms with Crippen LogP contribution >= 0.6 is 0 Å². The molecule has 3 amide bonds. The number of carbonyl (C=O) groups excluding carboxylic acids is 2. The summed E-state index contributed by atoms with van der Waals surface area (Å²) in [6.07, 6.45) is 3.28. The molecule has 0 heterocycles. The van der Waals surface area contributed by atoms with Crippen LogP contribution < -0.4 is 16.0 Å².